The highest BCUT2D eigenvalue weighted by molar-refractivity contribution is 6.74. The number of nitrogens with one attached hydrogen (secondary N) is 1. The monoisotopic (exact) mass is 345 g/mol. The first kappa shape index (κ1) is 21.8. The van der Waals surface area contributed by atoms with Crippen molar-refractivity contribution in [2.75, 3.05) is 7.05 Å². The van der Waals surface area contributed by atoms with Crippen molar-refractivity contribution in [2.24, 2.45) is 5.92 Å². The third-order valence-electron chi connectivity index (χ3n) is 4.47. The molecule has 0 heterocycles. The molecule has 0 amide bonds. The molecule has 3 atom stereocenters. The number of hydrogen-bond acceptors (Lipinski definition) is 4. The normalized spacial score (nSPS) is 17.0. The molecule has 0 rings (SSSR count). The molecule has 6 nitrogen and oxygen atoms in total. The molecule has 0 saturated carbocycles. The van der Waals surface area contributed by atoms with Crippen LogP contribution < -0.4 is 5.32 Å². The van der Waals surface area contributed by atoms with Crippen LogP contribution in [0.15, 0.2) is 12.2 Å². The molecule has 134 valence electrons. The second-order valence-electron chi connectivity index (χ2n) is 7.40. The van der Waals surface area contributed by atoms with Gasteiger partial charge >= 0.3 is 11.9 Å². The van der Waals surface area contributed by atoms with Crippen molar-refractivity contribution in [2.45, 2.75) is 64.4 Å². The summed E-state index contributed by atoms with van der Waals surface area (Å²) in [6.07, 6.45) is 2.53. The number of likely N-dealkylation sites (N-methyl/N-ethyl adjacent to an activating group) is 1. The fourth-order valence-electron chi connectivity index (χ4n) is 1.98. The van der Waals surface area contributed by atoms with Gasteiger partial charge in [0, 0.05) is 6.08 Å². The SMILES string of the molecule is CN[C@H](C(=O)O)[C@H](O[Si](C)(C)C(C)(C)C)[C@H](C)C/C=C/C(=O)O. The molecule has 0 bridgehead atoms. The molecule has 0 aromatic heterocycles. The topological polar surface area (TPSA) is 95.9 Å². The van der Waals surface area contributed by atoms with E-state index in [2.05, 4.69) is 39.2 Å². The maximum Gasteiger partial charge on any atom is 0.327 e. The van der Waals surface area contributed by atoms with E-state index in [1.807, 2.05) is 6.92 Å². The van der Waals surface area contributed by atoms with Crippen LogP contribution in [0.3, 0.4) is 0 Å². The van der Waals surface area contributed by atoms with Crippen LogP contribution >= 0.6 is 0 Å². The number of hydrogen-bond donors (Lipinski definition) is 3. The van der Waals surface area contributed by atoms with E-state index in [1.165, 1.54) is 0 Å². The summed E-state index contributed by atoms with van der Waals surface area (Å²) in [6.45, 7) is 12.3. The molecule has 0 aromatic rings. The van der Waals surface area contributed by atoms with Crippen molar-refractivity contribution in [1.82, 2.24) is 5.32 Å². The largest absolute Gasteiger partial charge is 0.480 e. The summed E-state index contributed by atoms with van der Waals surface area (Å²) >= 11 is 0. The Morgan fingerprint density at radius 2 is 1.78 bits per heavy atom. The molecule has 0 aromatic carbocycles. The van der Waals surface area contributed by atoms with Gasteiger partial charge in [0.05, 0.1) is 6.10 Å². The Kier molecular flexibility index (Phi) is 8.17. The molecular formula is C16H31NO5Si. The number of aliphatic carboxylic acids is 2. The first-order valence-electron chi connectivity index (χ1n) is 7.81. The van der Waals surface area contributed by atoms with E-state index in [0.717, 1.165) is 6.08 Å². The van der Waals surface area contributed by atoms with Crippen molar-refractivity contribution < 1.29 is 24.2 Å². The number of carboxylic acid groups (broad SMARTS) is 2. The Hall–Kier alpha value is -1.18. The zero-order valence-corrected chi connectivity index (χ0v) is 16.2. The average molecular weight is 346 g/mol. The fourth-order valence-corrected chi connectivity index (χ4v) is 3.38. The molecule has 0 aliphatic carbocycles. The minimum atomic E-state index is -2.16. The molecule has 0 aliphatic heterocycles. The molecule has 23 heavy (non-hydrogen) atoms. The predicted molar refractivity (Wildman–Crippen MR) is 93.1 cm³/mol. The van der Waals surface area contributed by atoms with E-state index in [1.54, 1.807) is 13.1 Å². The summed E-state index contributed by atoms with van der Waals surface area (Å²) in [5.41, 5.74) is 0. The summed E-state index contributed by atoms with van der Waals surface area (Å²) in [7, 11) is -0.563. The van der Waals surface area contributed by atoms with Crippen LogP contribution in [0.4, 0.5) is 0 Å². The minimum Gasteiger partial charge on any atom is -0.480 e. The van der Waals surface area contributed by atoms with Crippen LogP contribution in [0.5, 0.6) is 0 Å². The first-order chi connectivity index (χ1) is 10.3. The third-order valence-corrected chi connectivity index (χ3v) is 8.95. The van der Waals surface area contributed by atoms with Gasteiger partial charge in [0.15, 0.2) is 8.32 Å². The van der Waals surface area contributed by atoms with E-state index < -0.39 is 32.4 Å². The van der Waals surface area contributed by atoms with Gasteiger partial charge in [-0.25, -0.2) is 4.79 Å². The van der Waals surface area contributed by atoms with Crippen molar-refractivity contribution in [1.29, 1.82) is 0 Å². The van der Waals surface area contributed by atoms with Gasteiger partial charge in [0.1, 0.15) is 6.04 Å². The molecule has 0 fully saturated rings. The maximum atomic E-state index is 11.6. The second-order valence-corrected chi connectivity index (χ2v) is 12.2. The molecule has 0 radical (unpaired) electrons. The molecule has 7 heteroatoms. The highest BCUT2D eigenvalue weighted by Crippen LogP contribution is 2.38. The Morgan fingerprint density at radius 1 is 1.26 bits per heavy atom. The Morgan fingerprint density at radius 3 is 2.13 bits per heavy atom. The van der Waals surface area contributed by atoms with Gasteiger partial charge in [-0.15, -0.1) is 0 Å². The lowest BCUT2D eigenvalue weighted by molar-refractivity contribution is -0.143. The second kappa shape index (κ2) is 8.61. The highest BCUT2D eigenvalue weighted by Gasteiger charge is 2.43. The lowest BCUT2D eigenvalue weighted by atomic mass is 9.94. The summed E-state index contributed by atoms with van der Waals surface area (Å²) in [6, 6.07) is -0.836. The zero-order valence-electron chi connectivity index (χ0n) is 15.2. The predicted octanol–water partition coefficient (Wildman–Crippen LogP) is 2.72. The van der Waals surface area contributed by atoms with E-state index in [9.17, 15) is 14.7 Å². The Bertz CT molecular complexity index is 442. The smallest absolute Gasteiger partial charge is 0.327 e. The maximum absolute atomic E-state index is 11.6. The lowest BCUT2D eigenvalue weighted by Gasteiger charge is -2.42. The number of rotatable bonds is 9. The zero-order chi connectivity index (χ0) is 18.4. The summed E-state index contributed by atoms with van der Waals surface area (Å²) < 4.78 is 6.35. The minimum absolute atomic E-state index is 0.0430. The van der Waals surface area contributed by atoms with Crippen LogP contribution in [-0.2, 0) is 14.0 Å². The van der Waals surface area contributed by atoms with Crippen molar-refractivity contribution >= 4 is 20.3 Å². The number of carboxylic acids is 2. The summed E-state index contributed by atoms with van der Waals surface area (Å²) in [4.78, 5) is 22.1. The van der Waals surface area contributed by atoms with Crippen LogP contribution in [0.25, 0.3) is 0 Å². The molecule has 3 N–H and O–H groups in total. The molecule has 0 spiro atoms. The van der Waals surface area contributed by atoms with Gasteiger partial charge < -0.3 is 20.0 Å². The number of carbonyl (C=O) groups is 2. The summed E-state index contributed by atoms with van der Waals surface area (Å²) in [5, 5.41) is 20.9. The van der Waals surface area contributed by atoms with Gasteiger partial charge in [0.2, 0.25) is 0 Å². The van der Waals surface area contributed by atoms with Crippen molar-refractivity contribution in [3.63, 3.8) is 0 Å². The quantitative estimate of drug-likeness (QED) is 0.439. The lowest BCUT2D eigenvalue weighted by Crippen LogP contribution is -2.55. The Balaban J connectivity index is 5.39. The van der Waals surface area contributed by atoms with E-state index in [-0.39, 0.29) is 11.0 Å². The van der Waals surface area contributed by atoms with Crippen LogP contribution in [0.1, 0.15) is 34.1 Å². The van der Waals surface area contributed by atoms with Gasteiger partial charge in [0.25, 0.3) is 0 Å². The van der Waals surface area contributed by atoms with Gasteiger partial charge in [-0.1, -0.05) is 33.8 Å². The summed E-state index contributed by atoms with van der Waals surface area (Å²) in [5.74, 6) is -2.11. The van der Waals surface area contributed by atoms with Gasteiger partial charge in [-0.3, -0.25) is 4.79 Å². The standard InChI is InChI=1S/C16H31NO5Si/c1-11(9-8-10-12(18)19)14(13(17-5)15(20)21)22-23(6,7)16(2,3)4/h8,10-11,13-14,17H,9H2,1-7H3,(H,18,19)(H,20,21)/b10-8+/t11-,13+,14-/m1/s1. The van der Waals surface area contributed by atoms with Crippen LogP contribution in [0.2, 0.25) is 18.1 Å². The van der Waals surface area contributed by atoms with E-state index in [0.29, 0.717) is 6.42 Å². The number of allylic oxidation sites excluding steroid dienone is 1. The molecule has 0 saturated heterocycles. The van der Waals surface area contributed by atoms with Crippen molar-refractivity contribution in [3.8, 4) is 0 Å². The molecular weight excluding hydrogens is 314 g/mol. The molecule has 0 unspecified atom stereocenters. The average Bonchev–Trinajstić information content (AvgIpc) is 2.35. The van der Waals surface area contributed by atoms with Crippen molar-refractivity contribution in [3.05, 3.63) is 12.2 Å². The van der Waals surface area contributed by atoms with E-state index >= 15 is 0 Å². The van der Waals surface area contributed by atoms with Gasteiger partial charge in [-0.2, -0.15) is 0 Å². The molecule has 0 aliphatic rings. The van der Waals surface area contributed by atoms with Crippen LogP contribution in [0, 0.1) is 5.92 Å². The highest BCUT2D eigenvalue weighted by atomic mass is 28.4. The Labute approximate surface area is 140 Å². The van der Waals surface area contributed by atoms with Gasteiger partial charge in [-0.05, 0) is 37.5 Å². The fraction of sp³-hybridized carbons (Fsp3) is 0.750. The van der Waals surface area contributed by atoms with Crippen LogP contribution in [-0.4, -0.2) is 49.7 Å². The third kappa shape index (κ3) is 6.84. The van der Waals surface area contributed by atoms with E-state index in [4.69, 9.17) is 9.53 Å². The first-order valence-corrected chi connectivity index (χ1v) is 10.7.